The van der Waals surface area contributed by atoms with Crippen LogP contribution in [0.15, 0.2) is 71.8 Å². The molecule has 2 fully saturated rings. The van der Waals surface area contributed by atoms with Crippen molar-refractivity contribution in [2.75, 3.05) is 13.1 Å². The number of nitrogens with zero attached hydrogens (tertiary/aromatic N) is 6. The van der Waals surface area contributed by atoms with Gasteiger partial charge in [-0.15, -0.1) is 5.10 Å². The minimum Gasteiger partial charge on any atom is -0.388 e. The zero-order valence-electron chi connectivity index (χ0n) is 21.3. The minimum absolute atomic E-state index is 0.0150. The number of hydrogen-bond donors (Lipinski definition) is 1. The number of piperidine rings is 1. The van der Waals surface area contributed by atoms with Crippen LogP contribution in [0.1, 0.15) is 50.0 Å². The highest BCUT2D eigenvalue weighted by atomic mass is 16.3. The Balaban J connectivity index is 1.15. The molecule has 2 atom stereocenters. The van der Waals surface area contributed by atoms with Gasteiger partial charge in [-0.25, -0.2) is 4.98 Å². The summed E-state index contributed by atoms with van der Waals surface area (Å²) in [7, 11) is 0. The standard InChI is InChI=1S/C29H32N6O3/c36-27(24-14-8-7-13-23(24)21-9-3-1-4-10-21)33-17-15-29(38,16-18-33)19-34-20-30-26-25(28(34)37)31-32-35(26)22-11-5-2-6-12-22/h1-6,9-12,20,23-24,38H,7-8,13-19H2/t23-,24+/m0/s1. The number of aromatic nitrogens is 5. The smallest absolute Gasteiger partial charge is 0.283 e. The fourth-order valence-corrected chi connectivity index (χ4v) is 6.08. The first-order chi connectivity index (χ1) is 18.5. The molecule has 6 rings (SSSR count). The van der Waals surface area contributed by atoms with E-state index in [2.05, 4.69) is 27.4 Å². The van der Waals surface area contributed by atoms with E-state index in [0.717, 1.165) is 31.4 Å². The summed E-state index contributed by atoms with van der Waals surface area (Å²) in [5.74, 6) is 0.427. The molecule has 1 amide bonds. The predicted octanol–water partition coefficient (Wildman–Crippen LogP) is 3.30. The molecular formula is C29H32N6O3. The van der Waals surface area contributed by atoms with Crippen LogP contribution in [0.25, 0.3) is 16.9 Å². The molecule has 1 N–H and O–H groups in total. The summed E-state index contributed by atoms with van der Waals surface area (Å²) in [6.45, 7) is 1.05. The molecular weight excluding hydrogens is 480 g/mol. The maximum atomic E-state index is 13.6. The van der Waals surface area contributed by atoms with Crippen LogP contribution >= 0.6 is 0 Å². The summed E-state index contributed by atoms with van der Waals surface area (Å²) in [5, 5.41) is 19.6. The largest absolute Gasteiger partial charge is 0.388 e. The lowest BCUT2D eigenvalue weighted by Crippen LogP contribution is -2.51. The van der Waals surface area contributed by atoms with Crippen LogP contribution in [-0.4, -0.2) is 59.1 Å². The number of amides is 1. The van der Waals surface area contributed by atoms with Crippen LogP contribution in [0.3, 0.4) is 0 Å². The Kier molecular flexibility index (Phi) is 6.53. The lowest BCUT2D eigenvalue weighted by Gasteiger charge is -2.41. The third-order valence-electron chi connectivity index (χ3n) is 8.21. The topological polar surface area (TPSA) is 106 Å². The van der Waals surface area contributed by atoms with Gasteiger partial charge >= 0.3 is 0 Å². The Morgan fingerprint density at radius 3 is 2.39 bits per heavy atom. The first-order valence-electron chi connectivity index (χ1n) is 13.4. The van der Waals surface area contributed by atoms with Gasteiger partial charge in [-0.05, 0) is 49.3 Å². The number of hydrogen-bond acceptors (Lipinski definition) is 6. The van der Waals surface area contributed by atoms with E-state index in [1.54, 1.807) is 0 Å². The quantitative estimate of drug-likeness (QED) is 0.440. The zero-order valence-corrected chi connectivity index (χ0v) is 21.3. The van der Waals surface area contributed by atoms with E-state index in [1.807, 2.05) is 53.4 Å². The van der Waals surface area contributed by atoms with Gasteiger partial charge in [-0.1, -0.05) is 66.6 Å². The van der Waals surface area contributed by atoms with Crippen molar-refractivity contribution in [2.45, 2.75) is 56.6 Å². The fourth-order valence-electron chi connectivity index (χ4n) is 6.08. The molecule has 1 aliphatic heterocycles. The lowest BCUT2D eigenvalue weighted by atomic mass is 9.74. The summed E-state index contributed by atoms with van der Waals surface area (Å²) < 4.78 is 2.95. The third-order valence-corrected chi connectivity index (χ3v) is 8.21. The minimum atomic E-state index is -1.10. The molecule has 9 heteroatoms. The first kappa shape index (κ1) is 24.5. The second-order valence-electron chi connectivity index (χ2n) is 10.6. The molecule has 0 radical (unpaired) electrons. The number of likely N-dealkylation sites (tertiary alicyclic amines) is 1. The normalized spacial score (nSPS) is 21.4. The molecule has 1 saturated heterocycles. The lowest BCUT2D eigenvalue weighted by molar-refractivity contribution is -0.142. The maximum absolute atomic E-state index is 13.6. The number of aliphatic hydroxyl groups is 1. The van der Waals surface area contributed by atoms with Crippen LogP contribution in [-0.2, 0) is 11.3 Å². The van der Waals surface area contributed by atoms with Crippen LogP contribution in [0.5, 0.6) is 0 Å². The van der Waals surface area contributed by atoms with Gasteiger partial charge in [0.05, 0.1) is 17.8 Å². The van der Waals surface area contributed by atoms with Gasteiger partial charge < -0.3 is 10.0 Å². The van der Waals surface area contributed by atoms with Gasteiger partial charge in [-0.2, -0.15) is 4.68 Å². The van der Waals surface area contributed by atoms with Gasteiger partial charge in [-0.3, -0.25) is 14.2 Å². The third kappa shape index (κ3) is 4.62. The summed E-state index contributed by atoms with van der Waals surface area (Å²) in [5.41, 5.74) is 1.11. The number of rotatable bonds is 5. The summed E-state index contributed by atoms with van der Waals surface area (Å²) >= 11 is 0. The average molecular weight is 513 g/mol. The molecule has 3 heterocycles. The number of para-hydroxylation sites is 1. The number of carbonyl (C=O) groups is 1. The SMILES string of the molecule is O=C([C@@H]1CCCC[C@H]1c1ccccc1)N1CCC(O)(Cn2cnc3c(nnn3-c3ccccc3)c2=O)CC1. The van der Waals surface area contributed by atoms with E-state index in [-0.39, 0.29) is 35.4 Å². The Bertz CT molecular complexity index is 1470. The molecule has 2 aromatic carbocycles. The summed E-state index contributed by atoms with van der Waals surface area (Å²) in [6.07, 6.45) is 6.43. The second-order valence-corrected chi connectivity index (χ2v) is 10.6. The predicted molar refractivity (Wildman–Crippen MR) is 143 cm³/mol. The highest BCUT2D eigenvalue weighted by molar-refractivity contribution is 5.80. The summed E-state index contributed by atoms with van der Waals surface area (Å²) in [6, 6.07) is 19.8. The van der Waals surface area contributed by atoms with Crippen molar-refractivity contribution in [3.8, 4) is 5.69 Å². The summed E-state index contributed by atoms with van der Waals surface area (Å²) in [4.78, 5) is 33.1. The average Bonchev–Trinajstić information content (AvgIpc) is 3.40. The number of carbonyl (C=O) groups excluding carboxylic acids is 1. The molecule has 4 aromatic rings. The maximum Gasteiger partial charge on any atom is 0.283 e. The van der Waals surface area contributed by atoms with Gasteiger partial charge in [0, 0.05) is 19.0 Å². The van der Waals surface area contributed by atoms with E-state index in [0.29, 0.717) is 31.6 Å². The zero-order chi connectivity index (χ0) is 26.1. The number of fused-ring (bicyclic) bond motifs is 1. The van der Waals surface area contributed by atoms with Crippen molar-refractivity contribution < 1.29 is 9.90 Å². The molecule has 0 unspecified atom stereocenters. The van der Waals surface area contributed by atoms with E-state index >= 15 is 0 Å². The van der Waals surface area contributed by atoms with Gasteiger partial charge in [0.15, 0.2) is 11.2 Å². The monoisotopic (exact) mass is 512 g/mol. The van der Waals surface area contributed by atoms with E-state index in [9.17, 15) is 14.7 Å². The van der Waals surface area contributed by atoms with E-state index < -0.39 is 5.60 Å². The van der Waals surface area contributed by atoms with Crippen LogP contribution in [0.4, 0.5) is 0 Å². The Hall–Kier alpha value is -3.85. The molecule has 0 spiro atoms. The highest BCUT2D eigenvalue weighted by Gasteiger charge is 2.39. The molecule has 1 saturated carbocycles. The molecule has 0 bridgehead atoms. The van der Waals surface area contributed by atoms with Crippen molar-refractivity contribution in [2.24, 2.45) is 5.92 Å². The van der Waals surface area contributed by atoms with Gasteiger partial charge in [0.2, 0.25) is 5.91 Å². The molecule has 2 aliphatic rings. The van der Waals surface area contributed by atoms with Gasteiger partial charge in [0.25, 0.3) is 5.56 Å². The van der Waals surface area contributed by atoms with Crippen LogP contribution < -0.4 is 5.56 Å². The first-order valence-corrected chi connectivity index (χ1v) is 13.4. The van der Waals surface area contributed by atoms with Crippen molar-refractivity contribution in [1.82, 2.24) is 29.4 Å². The van der Waals surface area contributed by atoms with E-state index in [4.69, 9.17) is 0 Å². The van der Waals surface area contributed by atoms with Crippen molar-refractivity contribution in [1.29, 1.82) is 0 Å². The molecule has 1 aliphatic carbocycles. The Morgan fingerprint density at radius 2 is 1.66 bits per heavy atom. The van der Waals surface area contributed by atoms with Crippen molar-refractivity contribution in [3.05, 3.63) is 82.9 Å². The van der Waals surface area contributed by atoms with E-state index in [1.165, 1.54) is 21.1 Å². The van der Waals surface area contributed by atoms with Gasteiger partial charge in [0.1, 0.15) is 6.33 Å². The molecule has 38 heavy (non-hydrogen) atoms. The van der Waals surface area contributed by atoms with Crippen LogP contribution in [0, 0.1) is 5.92 Å². The van der Waals surface area contributed by atoms with Crippen molar-refractivity contribution >= 4 is 17.1 Å². The highest BCUT2D eigenvalue weighted by Crippen LogP contribution is 2.39. The fraction of sp³-hybridized carbons (Fsp3) is 0.414. The molecule has 196 valence electrons. The second kappa shape index (κ2) is 10.1. The Morgan fingerprint density at radius 1 is 0.974 bits per heavy atom. The van der Waals surface area contributed by atoms with Crippen molar-refractivity contribution in [3.63, 3.8) is 0 Å². The Labute approximate surface area is 220 Å². The van der Waals surface area contributed by atoms with Crippen LogP contribution in [0.2, 0.25) is 0 Å². The molecule has 2 aromatic heterocycles. The molecule has 9 nitrogen and oxygen atoms in total. The number of benzene rings is 2.